The number of hydrogen-bond donors (Lipinski definition) is 1. The molecule has 0 fully saturated rings. The van der Waals surface area contributed by atoms with Crippen LogP contribution in [0.5, 0.6) is 11.6 Å². The van der Waals surface area contributed by atoms with E-state index in [9.17, 15) is 0 Å². The van der Waals surface area contributed by atoms with Crippen molar-refractivity contribution >= 4 is 5.95 Å². The summed E-state index contributed by atoms with van der Waals surface area (Å²) in [5.74, 6) is 2.27. The third kappa shape index (κ3) is 2.57. The van der Waals surface area contributed by atoms with Crippen LogP contribution in [0.25, 0.3) is 17.1 Å². The fraction of sp³-hybridized carbons (Fsp3) is 0.188. The van der Waals surface area contributed by atoms with Crippen LogP contribution in [0.1, 0.15) is 0 Å². The summed E-state index contributed by atoms with van der Waals surface area (Å²) in [6.45, 7) is 0. The summed E-state index contributed by atoms with van der Waals surface area (Å²) in [4.78, 5) is 4.27. The Labute approximate surface area is 133 Å². The lowest BCUT2D eigenvalue weighted by Gasteiger charge is -2.16. The molecule has 1 aromatic carbocycles. The van der Waals surface area contributed by atoms with Gasteiger partial charge in [-0.1, -0.05) is 30.3 Å². The molecule has 0 bridgehead atoms. The maximum atomic E-state index is 5.48. The normalized spacial score (nSPS) is 10.4. The van der Waals surface area contributed by atoms with E-state index in [1.807, 2.05) is 34.9 Å². The first-order chi connectivity index (χ1) is 11.3. The van der Waals surface area contributed by atoms with Crippen LogP contribution in [0, 0.1) is 0 Å². The van der Waals surface area contributed by atoms with Gasteiger partial charge in [-0.3, -0.25) is 4.57 Å². The molecular formula is C16H17N5O2. The maximum Gasteiger partial charge on any atom is 0.242 e. The van der Waals surface area contributed by atoms with Gasteiger partial charge < -0.3 is 14.8 Å². The Morgan fingerprint density at radius 1 is 1.00 bits per heavy atom. The van der Waals surface area contributed by atoms with Crippen molar-refractivity contribution in [2.75, 3.05) is 26.6 Å². The molecule has 0 aliphatic carbocycles. The molecule has 7 nitrogen and oxygen atoms in total. The molecule has 0 saturated heterocycles. The fourth-order valence-corrected chi connectivity index (χ4v) is 2.37. The minimum atomic E-state index is 0.429. The van der Waals surface area contributed by atoms with Crippen molar-refractivity contribution in [3.63, 3.8) is 0 Å². The fourth-order valence-electron chi connectivity index (χ4n) is 2.37. The third-order valence-electron chi connectivity index (χ3n) is 3.41. The van der Waals surface area contributed by atoms with Crippen molar-refractivity contribution in [1.29, 1.82) is 0 Å². The van der Waals surface area contributed by atoms with Crippen LogP contribution in [0.2, 0.25) is 0 Å². The first-order valence-corrected chi connectivity index (χ1v) is 7.06. The highest BCUT2D eigenvalue weighted by atomic mass is 16.5. The SMILES string of the molecule is CNc1nnc(-c2ccccc2)n1-c1c(OC)ccnc1OC. The van der Waals surface area contributed by atoms with Gasteiger partial charge in [0.05, 0.1) is 14.2 Å². The largest absolute Gasteiger partial charge is 0.494 e. The number of pyridine rings is 1. The number of benzene rings is 1. The summed E-state index contributed by atoms with van der Waals surface area (Å²) < 4.78 is 12.7. The highest BCUT2D eigenvalue weighted by molar-refractivity contribution is 5.66. The summed E-state index contributed by atoms with van der Waals surface area (Å²) in [5, 5.41) is 11.5. The molecule has 0 unspecified atom stereocenters. The monoisotopic (exact) mass is 311 g/mol. The minimum absolute atomic E-state index is 0.429. The van der Waals surface area contributed by atoms with Gasteiger partial charge in [0.15, 0.2) is 11.5 Å². The number of aromatic nitrogens is 4. The maximum absolute atomic E-state index is 5.48. The van der Waals surface area contributed by atoms with E-state index in [1.165, 1.54) is 0 Å². The van der Waals surface area contributed by atoms with E-state index < -0.39 is 0 Å². The molecule has 3 aromatic rings. The van der Waals surface area contributed by atoms with Crippen LogP contribution in [-0.4, -0.2) is 41.0 Å². The smallest absolute Gasteiger partial charge is 0.242 e. The molecule has 0 aliphatic heterocycles. The number of hydrogen-bond acceptors (Lipinski definition) is 6. The first kappa shape index (κ1) is 14.8. The Balaban J connectivity index is 2.31. The van der Waals surface area contributed by atoms with Crippen LogP contribution in [-0.2, 0) is 0 Å². The number of methoxy groups -OCH3 is 2. The summed E-state index contributed by atoms with van der Waals surface area (Å²) in [6.07, 6.45) is 1.63. The van der Waals surface area contributed by atoms with Crippen molar-refractivity contribution in [3.05, 3.63) is 42.6 Å². The van der Waals surface area contributed by atoms with E-state index >= 15 is 0 Å². The Kier molecular flexibility index (Phi) is 4.09. The van der Waals surface area contributed by atoms with Crippen LogP contribution < -0.4 is 14.8 Å². The van der Waals surface area contributed by atoms with E-state index in [0.29, 0.717) is 29.1 Å². The van der Waals surface area contributed by atoms with Gasteiger partial charge in [0.25, 0.3) is 0 Å². The lowest BCUT2D eigenvalue weighted by molar-refractivity contribution is 0.379. The van der Waals surface area contributed by atoms with E-state index in [4.69, 9.17) is 9.47 Å². The molecule has 0 amide bonds. The topological polar surface area (TPSA) is 74.1 Å². The number of anilines is 1. The zero-order valence-electron chi connectivity index (χ0n) is 13.1. The molecule has 3 rings (SSSR count). The molecule has 1 N–H and O–H groups in total. The molecule has 7 heteroatoms. The van der Waals surface area contributed by atoms with Crippen molar-refractivity contribution < 1.29 is 9.47 Å². The second-order valence-electron chi connectivity index (χ2n) is 4.67. The van der Waals surface area contributed by atoms with Gasteiger partial charge in [0.1, 0.15) is 5.75 Å². The number of nitrogens with one attached hydrogen (secondary N) is 1. The number of nitrogens with zero attached hydrogens (tertiary/aromatic N) is 4. The number of ether oxygens (including phenoxy) is 2. The molecule has 0 aliphatic rings. The molecule has 0 radical (unpaired) electrons. The second kappa shape index (κ2) is 6.35. The third-order valence-corrected chi connectivity index (χ3v) is 3.41. The zero-order valence-corrected chi connectivity index (χ0v) is 13.1. The zero-order chi connectivity index (χ0) is 16.2. The second-order valence-corrected chi connectivity index (χ2v) is 4.67. The molecule has 0 atom stereocenters. The van der Waals surface area contributed by atoms with E-state index in [2.05, 4.69) is 20.5 Å². The number of rotatable bonds is 5. The predicted octanol–water partition coefficient (Wildman–Crippen LogP) is 2.39. The highest BCUT2D eigenvalue weighted by Gasteiger charge is 2.22. The lowest BCUT2D eigenvalue weighted by atomic mass is 10.2. The van der Waals surface area contributed by atoms with Crippen LogP contribution in [0.4, 0.5) is 5.95 Å². The van der Waals surface area contributed by atoms with Gasteiger partial charge in [-0.05, 0) is 0 Å². The minimum Gasteiger partial charge on any atom is -0.494 e. The van der Waals surface area contributed by atoms with Gasteiger partial charge >= 0.3 is 0 Å². The van der Waals surface area contributed by atoms with Gasteiger partial charge in [0.2, 0.25) is 11.8 Å². The summed E-state index contributed by atoms with van der Waals surface area (Å²) in [5.41, 5.74) is 1.57. The van der Waals surface area contributed by atoms with Crippen LogP contribution in [0.3, 0.4) is 0 Å². The summed E-state index contributed by atoms with van der Waals surface area (Å²) >= 11 is 0. The van der Waals surface area contributed by atoms with Gasteiger partial charge in [-0.2, -0.15) is 0 Å². The van der Waals surface area contributed by atoms with Gasteiger partial charge in [-0.15, -0.1) is 10.2 Å². The standard InChI is InChI=1S/C16H17N5O2/c1-17-16-20-19-14(11-7-5-4-6-8-11)21(16)13-12(22-2)9-10-18-15(13)23-3/h4-10H,1-3H3,(H,17,20). The molecule has 2 heterocycles. The molecule has 0 spiro atoms. The summed E-state index contributed by atoms with van der Waals surface area (Å²) in [7, 11) is 4.95. The molecule has 0 saturated carbocycles. The molecule has 118 valence electrons. The van der Waals surface area contributed by atoms with Crippen molar-refractivity contribution in [1.82, 2.24) is 19.7 Å². The van der Waals surface area contributed by atoms with Crippen LogP contribution in [0.15, 0.2) is 42.6 Å². The molecule has 2 aromatic heterocycles. The van der Waals surface area contributed by atoms with Gasteiger partial charge in [0, 0.05) is 24.9 Å². The predicted molar refractivity (Wildman–Crippen MR) is 87.2 cm³/mol. The first-order valence-electron chi connectivity index (χ1n) is 7.06. The van der Waals surface area contributed by atoms with E-state index in [1.54, 1.807) is 33.5 Å². The van der Waals surface area contributed by atoms with E-state index in [-0.39, 0.29) is 0 Å². The van der Waals surface area contributed by atoms with Crippen molar-refractivity contribution in [2.45, 2.75) is 0 Å². The highest BCUT2D eigenvalue weighted by Crippen LogP contribution is 2.35. The van der Waals surface area contributed by atoms with Gasteiger partial charge in [-0.25, -0.2) is 4.98 Å². The Morgan fingerprint density at radius 2 is 1.78 bits per heavy atom. The quantitative estimate of drug-likeness (QED) is 0.780. The van der Waals surface area contributed by atoms with Crippen molar-refractivity contribution in [2.24, 2.45) is 0 Å². The average Bonchev–Trinajstić information content (AvgIpc) is 3.05. The van der Waals surface area contributed by atoms with E-state index in [0.717, 1.165) is 5.56 Å². The Morgan fingerprint density at radius 3 is 2.43 bits per heavy atom. The Hall–Kier alpha value is -3.09. The molecular weight excluding hydrogens is 294 g/mol. The Bertz CT molecular complexity index is 779. The lowest BCUT2D eigenvalue weighted by Crippen LogP contribution is -2.08. The molecule has 23 heavy (non-hydrogen) atoms. The van der Waals surface area contributed by atoms with Crippen molar-refractivity contribution in [3.8, 4) is 28.7 Å². The summed E-state index contributed by atoms with van der Waals surface area (Å²) in [6, 6.07) is 11.6. The average molecular weight is 311 g/mol. The van der Waals surface area contributed by atoms with Crippen LogP contribution >= 0.6 is 0 Å².